The number of carbonyl (C=O) groups is 1. The van der Waals surface area contributed by atoms with E-state index in [2.05, 4.69) is 35.5 Å². The Morgan fingerprint density at radius 3 is 3.05 bits per heavy atom. The van der Waals surface area contributed by atoms with Gasteiger partial charge in [0.2, 0.25) is 5.91 Å². The van der Waals surface area contributed by atoms with Crippen LogP contribution in [0.3, 0.4) is 0 Å². The number of hydrogen-bond donors (Lipinski definition) is 1. The van der Waals surface area contributed by atoms with Crippen molar-refractivity contribution in [1.82, 2.24) is 5.32 Å². The molecule has 120 valence electrons. The molecule has 0 saturated heterocycles. The minimum atomic E-state index is -0.357. The number of nitrogens with one attached hydrogen (secondary N) is 1. The zero-order chi connectivity index (χ0) is 15.5. The Balaban J connectivity index is 1.51. The Morgan fingerprint density at radius 2 is 2.27 bits per heavy atom. The first-order chi connectivity index (χ1) is 10.6. The number of nitrogens with zero attached hydrogens (tertiary/aromatic N) is 1. The van der Waals surface area contributed by atoms with Gasteiger partial charge in [0.15, 0.2) is 0 Å². The van der Waals surface area contributed by atoms with Gasteiger partial charge in [-0.1, -0.05) is 12.1 Å². The fourth-order valence-electron chi connectivity index (χ4n) is 2.92. The van der Waals surface area contributed by atoms with Crippen LogP contribution in [0.5, 0.6) is 0 Å². The standard InChI is InChI=1S/C18H26N2O2/c1-13(22-12-14-5-6-14)18(21)19-11-15-7-8-17-16(10-15)4-3-9-20(17)2/h7-8,10,13-14H,3-6,9,11-12H2,1-2H3,(H,19,21)/t13-/m0/s1. The predicted octanol–water partition coefficient (Wildman–Crippen LogP) is 2.50. The van der Waals surface area contributed by atoms with Crippen LogP contribution in [-0.2, 0) is 22.5 Å². The molecule has 1 heterocycles. The van der Waals surface area contributed by atoms with Crippen molar-refractivity contribution in [3.8, 4) is 0 Å². The molecule has 1 saturated carbocycles. The van der Waals surface area contributed by atoms with Gasteiger partial charge in [-0.15, -0.1) is 0 Å². The summed E-state index contributed by atoms with van der Waals surface area (Å²) in [6, 6.07) is 6.50. The summed E-state index contributed by atoms with van der Waals surface area (Å²) in [6.07, 6.45) is 4.47. The van der Waals surface area contributed by atoms with Crippen LogP contribution in [0.25, 0.3) is 0 Å². The Morgan fingerprint density at radius 1 is 1.45 bits per heavy atom. The van der Waals surface area contributed by atoms with E-state index in [-0.39, 0.29) is 12.0 Å². The van der Waals surface area contributed by atoms with E-state index < -0.39 is 0 Å². The van der Waals surface area contributed by atoms with Crippen LogP contribution < -0.4 is 10.2 Å². The van der Waals surface area contributed by atoms with Crippen LogP contribution in [0.4, 0.5) is 5.69 Å². The zero-order valence-electron chi connectivity index (χ0n) is 13.6. The number of carbonyl (C=O) groups excluding carboxylic acids is 1. The summed E-state index contributed by atoms with van der Waals surface area (Å²) in [7, 11) is 2.14. The smallest absolute Gasteiger partial charge is 0.249 e. The van der Waals surface area contributed by atoms with Crippen molar-refractivity contribution >= 4 is 11.6 Å². The molecule has 1 fully saturated rings. The SMILES string of the molecule is C[C@H](OCC1CC1)C(=O)NCc1ccc2c(c1)CCCN2C. The van der Waals surface area contributed by atoms with Gasteiger partial charge in [0.05, 0.1) is 6.61 Å². The van der Waals surface area contributed by atoms with Gasteiger partial charge in [-0.3, -0.25) is 4.79 Å². The normalized spacial score (nSPS) is 18.7. The third kappa shape index (κ3) is 3.80. The summed E-state index contributed by atoms with van der Waals surface area (Å²) >= 11 is 0. The number of fused-ring (bicyclic) bond motifs is 1. The molecule has 1 N–H and O–H groups in total. The minimum Gasteiger partial charge on any atom is -0.374 e. The number of benzene rings is 1. The molecule has 1 aliphatic heterocycles. The number of amides is 1. The summed E-state index contributed by atoms with van der Waals surface area (Å²) < 4.78 is 5.60. The van der Waals surface area contributed by atoms with Gasteiger partial charge < -0.3 is 15.0 Å². The molecular formula is C18H26N2O2. The molecule has 1 atom stereocenters. The molecule has 2 aliphatic rings. The maximum Gasteiger partial charge on any atom is 0.249 e. The highest BCUT2D eigenvalue weighted by molar-refractivity contribution is 5.80. The molecule has 0 unspecified atom stereocenters. The number of rotatable bonds is 6. The molecule has 0 bridgehead atoms. The molecule has 1 aromatic rings. The lowest BCUT2D eigenvalue weighted by Gasteiger charge is -2.27. The lowest BCUT2D eigenvalue weighted by molar-refractivity contribution is -0.132. The number of hydrogen-bond acceptors (Lipinski definition) is 3. The van der Waals surface area contributed by atoms with E-state index in [1.165, 1.54) is 30.5 Å². The molecule has 4 nitrogen and oxygen atoms in total. The van der Waals surface area contributed by atoms with E-state index in [0.717, 1.165) is 25.1 Å². The first-order valence-electron chi connectivity index (χ1n) is 8.36. The maximum atomic E-state index is 12.0. The average molecular weight is 302 g/mol. The molecule has 1 aliphatic carbocycles. The van der Waals surface area contributed by atoms with E-state index in [9.17, 15) is 4.79 Å². The summed E-state index contributed by atoms with van der Waals surface area (Å²) in [5.41, 5.74) is 3.87. The fraction of sp³-hybridized carbons (Fsp3) is 0.611. The molecule has 1 amide bonds. The molecule has 0 radical (unpaired) electrons. The Labute approximate surface area is 132 Å². The lowest BCUT2D eigenvalue weighted by Crippen LogP contribution is -2.34. The first kappa shape index (κ1) is 15.3. The van der Waals surface area contributed by atoms with E-state index in [1.807, 2.05) is 6.92 Å². The summed E-state index contributed by atoms with van der Waals surface area (Å²) in [5.74, 6) is 0.670. The lowest BCUT2D eigenvalue weighted by atomic mass is 9.99. The van der Waals surface area contributed by atoms with Gasteiger partial charge in [-0.05, 0) is 55.7 Å². The highest BCUT2D eigenvalue weighted by atomic mass is 16.5. The molecule has 4 heteroatoms. The molecule has 22 heavy (non-hydrogen) atoms. The van der Waals surface area contributed by atoms with E-state index >= 15 is 0 Å². The second-order valence-electron chi connectivity index (χ2n) is 6.62. The highest BCUT2D eigenvalue weighted by Gasteiger charge is 2.24. The molecule has 0 spiro atoms. The second-order valence-corrected chi connectivity index (χ2v) is 6.62. The summed E-state index contributed by atoms with van der Waals surface area (Å²) in [5, 5.41) is 2.98. The molecule has 0 aromatic heterocycles. The van der Waals surface area contributed by atoms with Crippen molar-refractivity contribution in [2.75, 3.05) is 25.1 Å². The quantitative estimate of drug-likeness (QED) is 0.878. The Bertz CT molecular complexity index is 540. The van der Waals surface area contributed by atoms with E-state index in [4.69, 9.17) is 4.74 Å². The Kier molecular flexibility index (Phi) is 4.67. The third-order valence-electron chi connectivity index (χ3n) is 4.61. The van der Waals surface area contributed by atoms with Gasteiger partial charge in [0.25, 0.3) is 0 Å². The van der Waals surface area contributed by atoms with Gasteiger partial charge in [0.1, 0.15) is 6.10 Å². The van der Waals surface area contributed by atoms with Crippen LogP contribution >= 0.6 is 0 Å². The summed E-state index contributed by atoms with van der Waals surface area (Å²) in [6.45, 7) is 4.26. The van der Waals surface area contributed by atoms with Crippen LogP contribution in [-0.4, -0.2) is 32.2 Å². The van der Waals surface area contributed by atoms with Crippen LogP contribution in [0, 0.1) is 5.92 Å². The number of aryl methyl sites for hydroxylation is 1. The van der Waals surface area contributed by atoms with Crippen molar-refractivity contribution in [2.24, 2.45) is 5.92 Å². The molecule has 3 rings (SSSR count). The first-order valence-corrected chi connectivity index (χ1v) is 8.36. The molecule has 1 aromatic carbocycles. The highest BCUT2D eigenvalue weighted by Crippen LogP contribution is 2.29. The maximum absolute atomic E-state index is 12.0. The average Bonchev–Trinajstić information content (AvgIpc) is 3.34. The van der Waals surface area contributed by atoms with Gasteiger partial charge in [-0.2, -0.15) is 0 Å². The van der Waals surface area contributed by atoms with E-state index in [1.54, 1.807) is 0 Å². The second kappa shape index (κ2) is 6.69. The van der Waals surface area contributed by atoms with Crippen molar-refractivity contribution in [3.05, 3.63) is 29.3 Å². The number of ether oxygens (including phenoxy) is 1. The molecular weight excluding hydrogens is 276 g/mol. The Hall–Kier alpha value is -1.55. The van der Waals surface area contributed by atoms with Crippen LogP contribution in [0.2, 0.25) is 0 Å². The predicted molar refractivity (Wildman–Crippen MR) is 88.0 cm³/mol. The third-order valence-corrected chi connectivity index (χ3v) is 4.61. The van der Waals surface area contributed by atoms with Crippen molar-refractivity contribution in [3.63, 3.8) is 0 Å². The topological polar surface area (TPSA) is 41.6 Å². The summed E-state index contributed by atoms with van der Waals surface area (Å²) in [4.78, 5) is 14.3. The van der Waals surface area contributed by atoms with Crippen LogP contribution in [0.1, 0.15) is 37.3 Å². The van der Waals surface area contributed by atoms with Crippen LogP contribution in [0.15, 0.2) is 18.2 Å². The largest absolute Gasteiger partial charge is 0.374 e. The number of anilines is 1. The fourth-order valence-corrected chi connectivity index (χ4v) is 2.92. The monoisotopic (exact) mass is 302 g/mol. The van der Waals surface area contributed by atoms with Crippen molar-refractivity contribution in [1.29, 1.82) is 0 Å². The minimum absolute atomic E-state index is 0.0181. The van der Waals surface area contributed by atoms with E-state index in [0.29, 0.717) is 12.5 Å². The zero-order valence-corrected chi connectivity index (χ0v) is 13.6. The van der Waals surface area contributed by atoms with Gasteiger partial charge >= 0.3 is 0 Å². The van der Waals surface area contributed by atoms with Crippen molar-refractivity contribution < 1.29 is 9.53 Å². The van der Waals surface area contributed by atoms with Gasteiger partial charge in [0, 0.05) is 25.8 Å². The van der Waals surface area contributed by atoms with Gasteiger partial charge in [-0.25, -0.2) is 0 Å². The van der Waals surface area contributed by atoms with Crippen molar-refractivity contribution in [2.45, 2.75) is 45.3 Å².